The third-order valence-electron chi connectivity index (χ3n) is 5.38. The monoisotopic (exact) mass is 334 g/mol. The van der Waals surface area contributed by atoms with Crippen molar-refractivity contribution >= 4 is 11.0 Å². The van der Waals surface area contributed by atoms with Crippen LogP contribution >= 0.6 is 0 Å². The molecule has 0 amide bonds. The highest BCUT2D eigenvalue weighted by Crippen LogP contribution is 2.28. The molecule has 2 unspecified atom stereocenters. The lowest BCUT2D eigenvalue weighted by Gasteiger charge is -2.25. The highest BCUT2D eigenvalue weighted by Gasteiger charge is 2.26. The van der Waals surface area contributed by atoms with Gasteiger partial charge in [-0.05, 0) is 61.4 Å². The number of aromatic amines is 1. The Morgan fingerprint density at radius 2 is 2.20 bits per heavy atom. The summed E-state index contributed by atoms with van der Waals surface area (Å²) in [5.74, 6) is 0.641. The van der Waals surface area contributed by atoms with Crippen molar-refractivity contribution in [2.45, 2.75) is 39.7 Å². The molecule has 0 radical (unpaired) electrons. The largest absolute Gasteiger partial charge is 0.346 e. The van der Waals surface area contributed by atoms with Gasteiger partial charge in [0.05, 0.1) is 6.54 Å². The van der Waals surface area contributed by atoms with E-state index in [4.69, 9.17) is 0 Å². The number of nitrogens with one attached hydrogen (secondary N) is 2. The molecule has 0 bridgehead atoms. The number of fused-ring (bicyclic) bond motifs is 1. The highest BCUT2D eigenvalue weighted by atomic mass is 15.5. The van der Waals surface area contributed by atoms with Crippen LogP contribution in [0.25, 0.3) is 11.0 Å². The Morgan fingerprint density at radius 3 is 3.04 bits per heavy atom. The predicted molar refractivity (Wildman–Crippen MR) is 103 cm³/mol. The summed E-state index contributed by atoms with van der Waals surface area (Å²) < 4.78 is 0. The van der Waals surface area contributed by atoms with Crippen LogP contribution in [0.4, 0.5) is 0 Å². The summed E-state index contributed by atoms with van der Waals surface area (Å²) in [4.78, 5) is 7.69. The second-order valence-electron chi connectivity index (χ2n) is 7.33. The molecular weight excluding hydrogens is 308 g/mol. The van der Waals surface area contributed by atoms with Crippen molar-refractivity contribution in [2.75, 3.05) is 6.54 Å². The third kappa shape index (κ3) is 3.14. The Morgan fingerprint density at radius 1 is 1.32 bits per heavy atom. The molecule has 0 spiro atoms. The van der Waals surface area contributed by atoms with Crippen LogP contribution in [-0.4, -0.2) is 27.6 Å². The predicted octanol–water partition coefficient (Wildman–Crippen LogP) is 4.11. The van der Waals surface area contributed by atoms with Gasteiger partial charge in [0, 0.05) is 29.5 Å². The van der Waals surface area contributed by atoms with Crippen molar-refractivity contribution in [3.05, 3.63) is 65.2 Å². The van der Waals surface area contributed by atoms with Gasteiger partial charge in [0.2, 0.25) is 0 Å². The first-order chi connectivity index (χ1) is 12.1. The SMILES string of the molecule is CC1=C(Cc2c[nH]c3ncccc23)C(C)NN1CC1=CC=CC(C)C1. The zero-order valence-electron chi connectivity index (χ0n) is 15.2. The van der Waals surface area contributed by atoms with Crippen LogP contribution in [0.3, 0.4) is 0 Å². The molecular formula is C21H26N4. The van der Waals surface area contributed by atoms with Crippen LogP contribution in [0.5, 0.6) is 0 Å². The van der Waals surface area contributed by atoms with Gasteiger partial charge in [0.15, 0.2) is 0 Å². The Labute approximate surface area is 149 Å². The maximum absolute atomic E-state index is 4.40. The molecule has 0 saturated carbocycles. The van der Waals surface area contributed by atoms with Gasteiger partial charge in [-0.25, -0.2) is 10.4 Å². The van der Waals surface area contributed by atoms with E-state index < -0.39 is 0 Å². The number of nitrogens with zero attached hydrogens (tertiary/aromatic N) is 2. The van der Waals surface area contributed by atoms with Crippen LogP contribution < -0.4 is 5.43 Å². The summed E-state index contributed by atoms with van der Waals surface area (Å²) in [5, 5.41) is 3.55. The minimum Gasteiger partial charge on any atom is -0.346 e. The van der Waals surface area contributed by atoms with Gasteiger partial charge in [0.1, 0.15) is 5.65 Å². The number of hydrogen-bond donors (Lipinski definition) is 2. The number of pyridine rings is 1. The Hall–Kier alpha value is -2.33. The summed E-state index contributed by atoms with van der Waals surface area (Å²) in [6, 6.07) is 4.52. The van der Waals surface area contributed by atoms with Gasteiger partial charge in [-0.15, -0.1) is 0 Å². The van der Waals surface area contributed by atoms with E-state index in [1.54, 1.807) is 0 Å². The molecule has 2 aromatic heterocycles. The fourth-order valence-electron chi connectivity index (χ4n) is 3.96. The number of H-pyrrole nitrogens is 1. The second-order valence-corrected chi connectivity index (χ2v) is 7.33. The Balaban J connectivity index is 1.55. The zero-order valence-corrected chi connectivity index (χ0v) is 15.2. The summed E-state index contributed by atoms with van der Waals surface area (Å²) in [6.07, 6.45) is 12.8. The standard InChI is InChI=1S/C21H26N4/c1-14-6-4-7-17(10-14)13-25-16(3)20(15(2)24-25)11-18-12-23-21-19(18)8-5-9-22-21/h4-9,12,14-15,24H,10-11,13H2,1-3H3,(H,22,23). The summed E-state index contributed by atoms with van der Waals surface area (Å²) in [7, 11) is 0. The van der Waals surface area contributed by atoms with Crippen molar-refractivity contribution < 1.29 is 0 Å². The second kappa shape index (κ2) is 6.52. The topological polar surface area (TPSA) is 44.0 Å². The van der Waals surface area contributed by atoms with Gasteiger partial charge in [-0.2, -0.15) is 0 Å². The van der Waals surface area contributed by atoms with Gasteiger partial charge in [-0.1, -0.05) is 25.2 Å². The van der Waals surface area contributed by atoms with Crippen LogP contribution in [0.1, 0.15) is 32.8 Å². The lowest BCUT2D eigenvalue weighted by atomic mass is 9.95. The molecule has 0 fully saturated rings. The molecule has 4 nitrogen and oxygen atoms in total. The van der Waals surface area contributed by atoms with Crippen LogP contribution in [0.2, 0.25) is 0 Å². The maximum atomic E-state index is 4.40. The molecule has 2 aliphatic rings. The van der Waals surface area contributed by atoms with E-state index in [9.17, 15) is 0 Å². The van der Waals surface area contributed by atoms with Crippen LogP contribution in [-0.2, 0) is 6.42 Å². The maximum Gasteiger partial charge on any atom is 0.137 e. The molecule has 4 heteroatoms. The molecule has 25 heavy (non-hydrogen) atoms. The average Bonchev–Trinajstić information content (AvgIpc) is 3.12. The van der Waals surface area contributed by atoms with Crippen molar-refractivity contribution in [3.8, 4) is 0 Å². The van der Waals surface area contributed by atoms with E-state index in [0.717, 1.165) is 25.0 Å². The van der Waals surface area contributed by atoms with E-state index in [0.29, 0.717) is 12.0 Å². The highest BCUT2D eigenvalue weighted by molar-refractivity contribution is 5.79. The van der Waals surface area contributed by atoms with E-state index >= 15 is 0 Å². The van der Waals surface area contributed by atoms with Gasteiger partial charge >= 0.3 is 0 Å². The molecule has 0 aromatic carbocycles. The number of aromatic nitrogens is 2. The molecule has 3 heterocycles. The molecule has 2 N–H and O–H groups in total. The molecule has 2 aromatic rings. The fraction of sp³-hybridized carbons (Fsp3) is 0.381. The van der Waals surface area contributed by atoms with E-state index in [1.807, 2.05) is 12.3 Å². The molecule has 4 rings (SSSR count). The van der Waals surface area contributed by atoms with E-state index in [2.05, 4.69) is 71.7 Å². The first kappa shape index (κ1) is 16.2. The van der Waals surface area contributed by atoms with Crippen LogP contribution in [0, 0.1) is 5.92 Å². The third-order valence-corrected chi connectivity index (χ3v) is 5.38. The number of hydrazine groups is 1. The molecule has 1 aliphatic carbocycles. The summed E-state index contributed by atoms with van der Waals surface area (Å²) in [6.45, 7) is 7.73. The van der Waals surface area contributed by atoms with E-state index in [-0.39, 0.29) is 0 Å². The lowest BCUT2D eigenvalue weighted by Crippen LogP contribution is -2.37. The summed E-state index contributed by atoms with van der Waals surface area (Å²) in [5.41, 5.74) is 10.2. The Kier molecular flexibility index (Phi) is 4.22. The fourth-order valence-corrected chi connectivity index (χ4v) is 3.96. The van der Waals surface area contributed by atoms with Gasteiger partial charge < -0.3 is 9.99 Å². The van der Waals surface area contributed by atoms with Crippen molar-refractivity contribution in [2.24, 2.45) is 5.92 Å². The molecule has 2 atom stereocenters. The smallest absolute Gasteiger partial charge is 0.137 e. The van der Waals surface area contributed by atoms with Gasteiger partial charge in [0.25, 0.3) is 0 Å². The quantitative estimate of drug-likeness (QED) is 0.884. The minimum absolute atomic E-state index is 0.360. The van der Waals surface area contributed by atoms with Crippen LogP contribution in [0.15, 0.2) is 59.6 Å². The molecule has 0 saturated heterocycles. The van der Waals surface area contributed by atoms with Crippen molar-refractivity contribution in [3.63, 3.8) is 0 Å². The van der Waals surface area contributed by atoms with Crippen molar-refractivity contribution in [1.82, 2.24) is 20.4 Å². The molecule has 130 valence electrons. The first-order valence-corrected chi connectivity index (χ1v) is 9.12. The number of allylic oxidation sites excluding steroid dienone is 4. The summed E-state index contributed by atoms with van der Waals surface area (Å²) >= 11 is 0. The average molecular weight is 334 g/mol. The normalized spacial score (nSPS) is 23.6. The van der Waals surface area contributed by atoms with Gasteiger partial charge in [-0.3, -0.25) is 0 Å². The van der Waals surface area contributed by atoms with E-state index in [1.165, 1.54) is 27.8 Å². The lowest BCUT2D eigenvalue weighted by molar-refractivity contribution is 0.276. The number of hydrogen-bond acceptors (Lipinski definition) is 3. The molecule has 1 aliphatic heterocycles. The zero-order chi connectivity index (χ0) is 17.4. The minimum atomic E-state index is 0.360. The number of rotatable bonds is 4. The first-order valence-electron chi connectivity index (χ1n) is 9.12. The van der Waals surface area contributed by atoms with Crippen molar-refractivity contribution in [1.29, 1.82) is 0 Å². The Bertz CT molecular complexity index is 871.